The van der Waals surface area contributed by atoms with Crippen LogP contribution in [-0.4, -0.2) is 57.1 Å². The molecule has 74 valence electrons. The second-order valence-corrected chi connectivity index (χ2v) is 2.69. The van der Waals surface area contributed by atoms with Gasteiger partial charge < -0.3 is 25.5 Å². The van der Waals surface area contributed by atoms with Crippen LogP contribution in [0.4, 0.5) is 0 Å². The normalized spacial score (nSPS) is 41.5. The first-order valence-electron chi connectivity index (χ1n) is 3.80. The van der Waals surface area contributed by atoms with Crippen LogP contribution in [0.25, 0.3) is 0 Å². The lowest BCUT2D eigenvalue weighted by molar-refractivity contribution is -0.135. The van der Waals surface area contributed by atoms with Crippen molar-refractivity contribution in [1.29, 1.82) is 0 Å². The van der Waals surface area contributed by atoms with E-state index in [1.54, 1.807) is 0 Å². The Balaban J connectivity index is 0.000000561. The lowest BCUT2D eigenvalue weighted by Crippen LogP contribution is -2.48. The van der Waals surface area contributed by atoms with Gasteiger partial charge in [-0.1, -0.05) is 0 Å². The first-order valence-corrected chi connectivity index (χ1v) is 3.80. The highest BCUT2D eigenvalue weighted by molar-refractivity contribution is 4.86. The summed E-state index contributed by atoms with van der Waals surface area (Å²) >= 11 is 0. The summed E-state index contributed by atoms with van der Waals surface area (Å²) in [4.78, 5) is 0. The second kappa shape index (κ2) is 5.45. The molecule has 4 unspecified atom stereocenters. The Hall–Kier alpha value is -0.200. The minimum atomic E-state index is -1.19. The van der Waals surface area contributed by atoms with E-state index in [0.717, 1.165) is 7.11 Å². The zero-order chi connectivity index (χ0) is 9.72. The molecule has 0 aromatic carbocycles. The van der Waals surface area contributed by atoms with Crippen LogP contribution >= 0.6 is 0 Å². The van der Waals surface area contributed by atoms with E-state index >= 15 is 0 Å². The molecule has 1 aliphatic carbocycles. The summed E-state index contributed by atoms with van der Waals surface area (Å²) in [6.07, 6.45) is -3.47. The van der Waals surface area contributed by atoms with Crippen LogP contribution in [0.15, 0.2) is 0 Å². The van der Waals surface area contributed by atoms with E-state index in [2.05, 4.69) is 0 Å². The first kappa shape index (κ1) is 11.8. The molecule has 0 bridgehead atoms. The summed E-state index contributed by atoms with van der Waals surface area (Å²) in [5.41, 5.74) is 0. The smallest absolute Gasteiger partial charge is 0.108 e. The average Bonchev–Trinajstić information content (AvgIpc) is 2.12. The van der Waals surface area contributed by atoms with E-state index in [-0.39, 0.29) is 0 Å². The molecule has 0 spiro atoms. The van der Waals surface area contributed by atoms with Crippen molar-refractivity contribution in [3.05, 3.63) is 0 Å². The Morgan fingerprint density at radius 1 is 0.750 bits per heavy atom. The zero-order valence-electron chi connectivity index (χ0n) is 6.96. The van der Waals surface area contributed by atoms with Gasteiger partial charge in [0.15, 0.2) is 0 Å². The van der Waals surface area contributed by atoms with Gasteiger partial charge in [-0.05, 0) is 12.8 Å². The van der Waals surface area contributed by atoms with E-state index < -0.39 is 24.4 Å². The van der Waals surface area contributed by atoms with Crippen molar-refractivity contribution in [2.75, 3.05) is 7.11 Å². The van der Waals surface area contributed by atoms with Gasteiger partial charge in [-0.15, -0.1) is 0 Å². The summed E-state index contributed by atoms with van der Waals surface area (Å²) < 4.78 is 0. The molecule has 12 heavy (non-hydrogen) atoms. The van der Waals surface area contributed by atoms with Gasteiger partial charge in [-0.3, -0.25) is 0 Å². The van der Waals surface area contributed by atoms with Gasteiger partial charge in [0, 0.05) is 7.11 Å². The molecule has 1 aliphatic rings. The zero-order valence-corrected chi connectivity index (χ0v) is 6.96. The maximum Gasteiger partial charge on any atom is 0.108 e. The average molecular weight is 180 g/mol. The van der Waals surface area contributed by atoms with Gasteiger partial charge >= 0.3 is 0 Å². The second-order valence-electron chi connectivity index (χ2n) is 2.69. The van der Waals surface area contributed by atoms with Gasteiger partial charge in [0.25, 0.3) is 0 Å². The van der Waals surface area contributed by atoms with Crippen LogP contribution in [0.3, 0.4) is 0 Å². The summed E-state index contributed by atoms with van der Waals surface area (Å²) in [6, 6.07) is 0. The Morgan fingerprint density at radius 2 is 1.00 bits per heavy atom. The largest absolute Gasteiger partial charge is 0.400 e. The van der Waals surface area contributed by atoms with Gasteiger partial charge in [0.05, 0.1) is 12.2 Å². The summed E-state index contributed by atoms with van der Waals surface area (Å²) in [7, 11) is 1.00. The number of aliphatic hydroxyl groups is 5. The third-order valence-electron chi connectivity index (χ3n) is 1.90. The van der Waals surface area contributed by atoms with Crippen LogP contribution in [-0.2, 0) is 0 Å². The summed E-state index contributed by atoms with van der Waals surface area (Å²) in [5, 5.41) is 42.8. The monoisotopic (exact) mass is 180 g/mol. The van der Waals surface area contributed by atoms with Crippen LogP contribution in [0, 0.1) is 0 Å². The van der Waals surface area contributed by atoms with Crippen molar-refractivity contribution in [2.45, 2.75) is 37.3 Å². The molecule has 0 aromatic rings. The van der Waals surface area contributed by atoms with E-state index in [1.165, 1.54) is 0 Å². The SMILES string of the molecule is CO.OC1CCC(O)C(O)C1O. The van der Waals surface area contributed by atoms with Crippen molar-refractivity contribution in [1.82, 2.24) is 0 Å². The fourth-order valence-electron chi connectivity index (χ4n) is 1.14. The molecule has 5 heteroatoms. The van der Waals surface area contributed by atoms with E-state index in [1.807, 2.05) is 0 Å². The summed E-state index contributed by atoms with van der Waals surface area (Å²) in [5.74, 6) is 0. The molecule has 1 rings (SSSR count). The summed E-state index contributed by atoms with van der Waals surface area (Å²) in [6.45, 7) is 0. The van der Waals surface area contributed by atoms with E-state index in [9.17, 15) is 0 Å². The maximum atomic E-state index is 8.96. The first-order chi connectivity index (χ1) is 5.63. The Morgan fingerprint density at radius 3 is 1.25 bits per heavy atom. The Labute approximate surface area is 70.9 Å². The predicted molar refractivity (Wildman–Crippen MR) is 41.4 cm³/mol. The van der Waals surface area contributed by atoms with Gasteiger partial charge in [0.2, 0.25) is 0 Å². The molecular weight excluding hydrogens is 164 g/mol. The van der Waals surface area contributed by atoms with Crippen molar-refractivity contribution in [3.63, 3.8) is 0 Å². The van der Waals surface area contributed by atoms with Crippen molar-refractivity contribution >= 4 is 0 Å². The van der Waals surface area contributed by atoms with Gasteiger partial charge in [0.1, 0.15) is 12.2 Å². The Bertz CT molecular complexity index is 104. The highest BCUT2D eigenvalue weighted by Crippen LogP contribution is 2.19. The molecule has 1 fully saturated rings. The van der Waals surface area contributed by atoms with E-state index in [0.29, 0.717) is 12.8 Å². The molecule has 0 saturated heterocycles. The van der Waals surface area contributed by atoms with E-state index in [4.69, 9.17) is 25.5 Å². The molecule has 5 N–H and O–H groups in total. The van der Waals surface area contributed by atoms with Crippen LogP contribution in [0.1, 0.15) is 12.8 Å². The fourth-order valence-corrected chi connectivity index (χ4v) is 1.14. The predicted octanol–water partition coefficient (Wildman–Crippen LogP) is -2.17. The maximum absolute atomic E-state index is 8.96. The highest BCUT2D eigenvalue weighted by atomic mass is 16.4. The molecule has 5 nitrogen and oxygen atoms in total. The lowest BCUT2D eigenvalue weighted by atomic mass is 9.90. The van der Waals surface area contributed by atoms with Crippen molar-refractivity contribution < 1.29 is 25.5 Å². The van der Waals surface area contributed by atoms with Gasteiger partial charge in [-0.25, -0.2) is 0 Å². The standard InChI is InChI=1S/C6H12O4.CH4O/c7-3-1-2-4(8)6(10)5(3)9;1-2/h3-10H,1-2H2;2H,1H3. The number of aliphatic hydroxyl groups excluding tert-OH is 5. The molecule has 0 aliphatic heterocycles. The van der Waals surface area contributed by atoms with Crippen LogP contribution in [0.5, 0.6) is 0 Å². The van der Waals surface area contributed by atoms with Crippen LogP contribution < -0.4 is 0 Å². The third kappa shape index (κ3) is 2.69. The molecule has 4 atom stereocenters. The minimum Gasteiger partial charge on any atom is -0.400 e. The quantitative estimate of drug-likeness (QED) is 0.292. The molecule has 0 heterocycles. The van der Waals surface area contributed by atoms with Gasteiger partial charge in [-0.2, -0.15) is 0 Å². The van der Waals surface area contributed by atoms with Crippen LogP contribution in [0.2, 0.25) is 0 Å². The number of rotatable bonds is 0. The van der Waals surface area contributed by atoms with Crippen molar-refractivity contribution in [2.24, 2.45) is 0 Å². The topological polar surface area (TPSA) is 101 Å². The molecule has 0 aromatic heterocycles. The highest BCUT2D eigenvalue weighted by Gasteiger charge is 2.34. The molecular formula is C7H16O5. The molecule has 0 radical (unpaired) electrons. The molecule has 0 amide bonds. The third-order valence-corrected chi connectivity index (χ3v) is 1.90. The molecule has 1 saturated carbocycles. The number of hydrogen-bond donors (Lipinski definition) is 5. The van der Waals surface area contributed by atoms with Crippen molar-refractivity contribution in [3.8, 4) is 0 Å². The fraction of sp³-hybridized carbons (Fsp3) is 1.00. The minimum absolute atomic E-state index is 0.347. The lowest BCUT2D eigenvalue weighted by Gasteiger charge is -2.31. The Kier molecular flexibility index (Phi) is 5.36. The number of hydrogen-bond acceptors (Lipinski definition) is 5.